The summed E-state index contributed by atoms with van der Waals surface area (Å²) in [4.78, 5) is 24.4. The monoisotopic (exact) mass is 253 g/mol. The minimum absolute atomic E-state index is 0.0137. The van der Waals surface area contributed by atoms with Crippen molar-refractivity contribution in [2.24, 2.45) is 0 Å². The number of aromatic nitrogens is 1. The van der Waals surface area contributed by atoms with E-state index in [0.717, 1.165) is 18.0 Å². The molecule has 0 aliphatic rings. The molecule has 2 N–H and O–H groups in total. The summed E-state index contributed by atoms with van der Waals surface area (Å²) >= 11 is 1.15. The molecule has 1 heterocycles. The van der Waals surface area contributed by atoms with Gasteiger partial charge in [-0.1, -0.05) is 23.9 Å². The van der Waals surface area contributed by atoms with Crippen LogP contribution in [-0.2, 0) is 4.79 Å². The molecule has 1 aromatic rings. The molecule has 6 nitrogen and oxygen atoms in total. The van der Waals surface area contributed by atoms with Gasteiger partial charge in [0.15, 0.2) is 5.12 Å². The van der Waals surface area contributed by atoms with E-state index in [1.165, 1.54) is 13.0 Å². The number of nitrogen functional groups attached to an aromatic ring is 1. The average Bonchev–Trinajstić information content (AvgIpc) is 2.25. The molecule has 0 atom stereocenters. The summed E-state index contributed by atoms with van der Waals surface area (Å²) in [6, 6.07) is 1.34. The standard InChI is InChI=1S/C10H11N3O3S/c1-7(14)17-4-2-3-8-5-9(13(15)16)6-12-10(8)11/h2-3,5-6H,4H2,1H3,(H2,11,12). The van der Waals surface area contributed by atoms with Gasteiger partial charge >= 0.3 is 0 Å². The van der Waals surface area contributed by atoms with Crippen molar-refractivity contribution in [2.45, 2.75) is 6.92 Å². The summed E-state index contributed by atoms with van der Waals surface area (Å²) in [5, 5.41) is 10.5. The third-order valence-electron chi connectivity index (χ3n) is 1.83. The first-order chi connectivity index (χ1) is 8.00. The lowest BCUT2D eigenvalue weighted by Gasteiger charge is -1.98. The lowest BCUT2D eigenvalue weighted by atomic mass is 10.2. The fourth-order valence-corrected chi connectivity index (χ4v) is 1.48. The number of carbonyl (C=O) groups is 1. The van der Waals surface area contributed by atoms with Gasteiger partial charge in [-0.3, -0.25) is 14.9 Å². The Kier molecular flexibility index (Phi) is 4.65. The Bertz CT molecular complexity index is 474. The lowest BCUT2D eigenvalue weighted by molar-refractivity contribution is -0.385. The van der Waals surface area contributed by atoms with E-state index in [-0.39, 0.29) is 16.6 Å². The molecule has 0 aromatic carbocycles. The van der Waals surface area contributed by atoms with Gasteiger partial charge in [-0.25, -0.2) is 4.98 Å². The first kappa shape index (κ1) is 13.2. The predicted molar refractivity (Wildman–Crippen MR) is 67.5 cm³/mol. The Morgan fingerprint density at radius 1 is 1.71 bits per heavy atom. The molecule has 90 valence electrons. The van der Waals surface area contributed by atoms with Gasteiger partial charge in [-0.05, 0) is 0 Å². The van der Waals surface area contributed by atoms with Crippen LogP contribution in [0.15, 0.2) is 18.3 Å². The third kappa shape index (κ3) is 4.23. The smallest absolute Gasteiger partial charge is 0.288 e. The van der Waals surface area contributed by atoms with Crippen molar-refractivity contribution < 1.29 is 9.72 Å². The van der Waals surface area contributed by atoms with E-state index in [9.17, 15) is 14.9 Å². The van der Waals surface area contributed by atoms with Crippen molar-refractivity contribution in [1.82, 2.24) is 4.98 Å². The highest BCUT2D eigenvalue weighted by molar-refractivity contribution is 8.13. The molecule has 0 aliphatic carbocycles. The van der Waals surface area contributed by atoms with Gasteiger partial charge in [0.1, 0.15) is 12.0 Å². The highest BCUT2D eigenvalue weighted by Gasteiger charge is 2.08. The number of hydrogen-bond acceptors (Lipinski definition) is 6. The minimum atomic E-state index is -0.534. The van der Waals surface area contributed by atoms with Gasteiger partial charge < -0.3 is 5.73 Å². The van der Waals surface area contributed by atoms with Crippen LogP contribution in [-0.4, -0.2) is 20.8 Å². The number of rotatable bonds is 4. The largest absolute Gasteiger partial charge is 0.383 e. The highest BCUT2D eigenvalue weighted by atomic mass is 32.2. The van der Waals surface area contributed by atoms with Gasteiger partial charge in [-0.15, -0.1) is 0 Å². The molecule has 0 amide bonds. The van der Waals surface area contributed by atoms with Crippen LogP contribution in [0.5, 0.6) is 0 Å². The molecule has 7 heteroatoms. The second kappa shape index (κ2) is 6.00. The molecule has 1 aromatic heterocycles. The number of nitrogens with two attached hydrogens (primary N) is 1. The molecule has 1 rings (SSSR count). The first-order valence-electron chi connectivity index (χ1n) is 4.70. The molecule has 0 aliphatic heterocycles. The zero-order valence-corrected chi connectivity index (χ0v) is 9.94. The van der Waals surface area contributed by atoms with Crippen LogP contribution in [0, 0.1) is 10.1 Å². The van der Waals surface area contributed by atoms with Crippen molar-refractivity contribution in [1.29, 1.82) is 0 Å². The maximum Gasteiger partial charge on any atom is 0.288 e. The van der Waals surface area contributed by atoms with E-state index in [2.05, 4.69) is 4.98 Å². The van der Waals surface area contributed by atoms with E-state index in [1.54, 1.807) is 12.2 Å². The molecule has 0 saturated carbocycles. The Morgan fingerprint density at radius 2 is 2.41 bits per heavy atom. The Hall–Kier alpha value is -1.89. The van der Waals surface area contributed by atoms with Gasteiger partial charge in [0.25, 0.3) is 5.69 Å². The maximum absolute atomic E-state index is 10.7. The predicted octanol–water partition coefficient (Wildman–Crippen LogP) is 1.86. The summed E-state index contributed by atoms with van der Waals surface area (Å²) in [6.07, 6.45) is 4.44. The van der Waals surface area contributed by atoms with Crippen molar-refractivity contribution in [2.75, 3.05) is 11.5 Å². The fourth-order valence-electron chi connectivity index (χ4n) is 1.05. The van der Waals surface area contributed by atoms with E-state index in [1.807, 2.05) is 0 Å². The molecule has 0 fully saturated rings. The van der Waals surface area contributed by atoms with Gasteiger partial charge in [0.05, 0.1) is 4.92 Å². The van der Waals surface area contributed by atoms with Crippen molar-refractivity contribution in [3.8, 4) is 0 Å². The summed E-state index contributed by atoms with van der Waals surface area (Å²) in [5.41, 5.74) is 5.94. The van der Waals surface area contributed by atoms with E-state index >= 15 is 0 Å². The maximum atomic E-state index is 10.7. The number of nitrogens with zero attached hydrogens (tertiary/aromatic N) is 2. The van der Waals surface area contributed by atoms with Crippen molar-refractivity contribution >= 4 is 34.5 Å². The van der Waals surface area contributed by atoms with E-state index in [4.69, 9.17) is 5.73 Å². The third-order valence-corrected chi connectivity index (χ3v) is 2.59. The zero-order valence-electron chi connectivity index (χ0n) is 9.12. The number of anilines is 1. The summed E-state index contributed by atoms with van der Waals surface area (Å²) in [5.74, 6) is 0.719. The normalized spacial score (nSPS) is 10.6. The number of thioether (sulfide) groups is 1. The molecular weight excluding hydrogens is 242 g/mol. The molecule has 0 radical (unpaired) electrons. The van der Waals surface area contributed by atoms with Crippen molar-refractivity contribution in [3.63, 3.8) is 0 Å². The topological polar surface area (TPSA) is 99.1 Å². The van der Waals surface area contributed by atoms with Gasteiger partial charge in [0, 0.05) is 24.3 Å². The molecule has 0 unspecified atom stereocenters. The molecule has 0 spiro atoms. The van der Waals surface area contributed by atoms with Gasteiger partial charge in [0.2, 0.25) is 0 Å². The SMILES string of the molecule is CC(=O)SCC=Cc1cc([N+](=O)[O-])cnc1N. The quantitative estimate of drug-likeness (QED) is 0.649. The molecule has 17 heavy (non-hydrogen) atoms. The van der Waals surface area contributed by atoms with Gasteiger partial charge in [-0.2, -0.15) is 0 Å². The van der Waals surface area contributed by atoms with E-state index in [0.29, 0.717) is 11.3 Å². The summed E-state index contributed by atoms with van der Waals surface area (Å²) in [6.45, 7) is 1.47. The zero-order chi connectivity index (χ0) is 12.8. The van der Waals surface area contributed by atoms with E-state index < -0.39 is 4.92 Å². The Balaban J connectivity index is 2.79. The lowest BCUT2D eigenvalue weighted by Crippen LogP contribution is -1.96. The van der Waals surface area contributed by atoms with Crippen molar-refractivity contribution in [3.05, 3.63) is 34.0 Å². The number of pyridine rings is 1. The van der Waals surface area contributed by atoms with Crippen LogP contribution in [0.2, 0.25) is 0 Å². The highest BCUT2D eigenvalue weighted by Crippen LogP contribution is 2.18. The summed E-state index contributed by atoms with van der Waals surface area (Å²) < 4.78 is 0. The minimum Gasteiger partial charge on any atom is -0.383 e. The van der Waals surface area contributed by atoms with Crippen LogP contribution in [0.1, 0.15) is 12.5 Å². The van der Waals surface area contributed by atoms with Crippen LogP contribution in [0.3, 0.4) is 0 Å². The number of nitro groups is 1. The molecule has 0 saturated heterocycles. The fraction of sp³-hybridized carbons (Fsp3) is 0.200. The molecule has 0 bridgehead atoms. The average molecular weight is 253 g/mol. The second-order valence-electron chi connectivity index (χ2n) is 3.13. The van der Waals surface area contributed by atoms with Crippen LogP contribution < -0.4 is 5.73 Å². The van der Waals surface area contributed by atoms with Crippen LogP contribution in [0.25, 0.3) is 6.08 Å². The Labute approximate surface area is 102 Å². The number of carbonyl (C=O) groups excluding carboxylic acids is 1. The Morgan fingerprint density at radius 3 is 3.00 bits per heavy atom. The summed E-state index contributed by atoms with van der Waals surface area (Å²) in [7, 11) is 0. The second-order valence-corrected chi connectivity index (χ2v) is 4.33. The first-order valence-corrected chi connectivity index (χ1v) is 5.69. The number of hydrogen-bond donors (Lipinski definition) is 1. The molecular formula is C10H11N3O3S. The van der Waals surface area contributed by atoms with Crippen LogP contribution in [0.4, 0.5) is 11.5 Å². The van der Waals surface area contributed by atoms with Crippen LogP contribution >= 0.6 is 11.8 Å².